The van der Waals surface area contributed by atoms with Crippen LogP contribution in [0.2, 0.25) is 0 Å². The Morgan fingerprint density at radius 1 is 1.14 bits per heavy atom. The van der Waals surface area contributed by atoms with Gasteiger partial charge in [0.2, 0.25) is 0 Å². The second-order valence-electron chi connectivity index (χ2n) is 4.36. The molecule has 3 aromatic rings. The van der Waals surface area contributed by atoms with Crippen LogP contribution in [-0.2, 0) is 0 Å². The number of thiophene rings is 1. The minimum atomic E-state index is -0.754. The molecule has 0 radical (unpaired) electrons. The Hall–Kier alpha value is -2.80. The van der Waals surface area contributed by atoms with E-state index >= 15 is 0 Å². The molecule has 5 N–H and O–H groups in total. The molecular formula is C14H11N3O3S. The van der Waals surface area contributed by atoms with Gasteiger partial charge in [-0.2, -0.15) is 0 Å². The van der Waals surface area contributed by atoms with Crippen LogP contribution in [0, 0.1) is 0 Å². The van der Waals surface area contributed by atoms with Gasteiger partial charge >= 0.3 is 6.03 Å². The summed E-state index contributed by atoms with van der Waals surface area (Å²) in [5, 5.41) is 3.65. The van der Waals surface area contributed by atoms with Crippen LogP contribution >= 0.6 is 11.3 Å². The van der Waals surface area contributed by atoms with Crippen molar-refractivity contribution in [2.24, 2.45) is 11.5 Å². The molecule has 7 heteroatoms. The highest BCUT2D eigenvalue weighted by atomic mass is 32.1. The highest BCUT2D eigenvalue weighted by Crippen LogP contribution is 2.37. The third kappa shape index (κ3) is 2.46. The van der Waals surface area contributed by atoms with Gasteiger partial charge in [0.25, 0.3) is 5.91 Å². The number of anilines is 1. The van der Waals surface area contributed by atoms with Gasteiger partial charge < -0.3 is 15.9 Å². The summed E-state index contributed by atoms with van der Waals surface area (Å²) in [6.45, 7) is 0. The molecule has 6 nitrogen and oxygen atoms in total. The number of benzene rings is 1. The molecule has 2 heterocycles. The van der Waals surface area contributed by atoms with Crippen LogP contribution < -0.4 is 16.8 Å². The predicted octanol–water partition coefficient (Wildman–Crippen LogP) is 2.75. The summed E-state index contributed by atoms with van der Waals surface area (Å²) in [7, 11) is 0. The number of nitrogens with two attached hydrogens (primary N) is 2. The van der Waals surface area contributed by atoms with Gasteiger partial charge in [0.1, 0.15) is 16.3 Å². The molecule has 0 saturated heterocycles. The Kier molecular flexibility index (Phi) is 3.11. The number of hydrogen-bond donors (Lipinski definition) is 3. The highest BCUT2D eigenvalue weighted by molar-refractivity contribution is 7.20. The Bertz CT molecular complexity index is 817. The minimum absolute atomic E-state index is 0.203. The van der Waals surface area contributed by atoms with Gasteiger partial charge in [0, 0.05) is 5.39 Å². The van der Waals surface area contributed by atoms with Gasteiger partial charge in [0.05, 0.1) is 10.4 Å². The normalized spacial score (nSPS) is 10.7. The first-order valence-electron chi connectivity index (χ1n) is 6.03. The fourth-order valence-corrected chi connectivity index (χ4v) is 3.02. The lowest BCUT2D eigenvalue weighted by Crippen LogP contribution is -2.21. The number of para-hydroxylation sites is 1. The summed E-state index contributed by atoms with van der Waals surface area (Å²) < 4.78 is 5.72. The summed E-state index contributed by atoms with van der Waals surface area (Å²) in [5.74, 6) is -0.0430. The van der Waals surface area contributed by atoms with Crippen LogP contribution in [0.1, 0.15) is 10.4 Å². The van der Waals surface area contributed by atoms with Crippen molar-refractivity contribution in [3.05, 3.63) is 42.0 Å². The number of urea groups is 1. The maximum absolute atomic E-state index is 11.4. The fraction of sp³-hybridized carbons (Fsp3) is 0. The first-order chi connectivity index (χ1) is 10.0. The molecule has 3 amide bonds. The van der Waals surface area contributed by atoms with Crippen LogP contribution in [0.3, 0.4) is 0 Å². The highest BCUT2D eigenvalue weighted by Gasteiger charge is 2.18. The van der Waals surface area contributed by atoms with Gasteiger partial charge in [-0.1, -0.05) is 18.2 Å². The summed E-state index contributed by atoms with van der Waals surface area (Å²) in [6.07, 6.45) is 0. The number of hydrogen-bond acceptors (Lipinski definition) is 4. The average Bonchev–Trinajstić information content (AvgIpc) is 3.00. The average molecular weight is 301 g/mol. The Morgan fingerprint density at radius 2 is 1.90 bits per heavy atom. The zero-order valence-electron chi connectivity index (χ0n) is 10.8. The van der Waals surface area contributed by atoms with Crippen LogP contribution in [0.4, 0.5) is 9.80 Å². The van der Waals surface area contributed by atoms with Gasteiger partial charge in [-0.25, -0.2) is 4.79 Å². The molecule has 3 rings (SSSR count). The lowest BCUT2D eigenvalue weighted by atomic mass is 10.2. The van der Waals surface area contributed by atoms with Crippen LogP contribution in [0.5, 0.6) is 0 Å². The molecule has 0 saturated carbocycles. The van der Waals surface area contributed by atoms with E-state index in [2.05, 4.69) is 5.32 Å². The van der Waals surface area contributed by atoms with E-state index in [0.717, 1.165) is 11.0 Å². The molecule has 1 aromatic carbocycles. The first-order valence-corrected chi connectivity index (χ1v) is 6.85. The quantitative estimate of drug-likeness (QED) is 0.691. The second kappa shape index (κ2) is 4.95. The van der Waals surface area contributed by atoms with E-state index in [-0.39, 0.29) is 5.56 Å². The SMILES string of the molecule is NC(=O)Nc1sc(-c2cc3ccccc3o2)cc1C(N)=O. The lowest BCUT2D eigenvalue weighted by molar-refractivity contribution is 0.100. The number of furan rings is 1. The van der Waals surface area contributed by atoms with Crippen molar-refractivity contribution in [1.29, 1.82) is 0 Å². The zero-order chi connectivity index (χ0) is 15.0. The van der Waals surface area contributed by atoms with Gasteiger partial charge in [-0.3, -0.25) is 10.1 Å². The molecule has 0 spiro atoms. The number of amides is 3. The summed E-state index contributed by atoms with van der Waals surface area (Å²) in [5.41, 5.74) is 11.3. The molecule has 0 aliphatic carbocycles. The maximum Gasteiger partial charge on any atom is 0.317 e. The van der Waals surface area contributed by atoms with E-state index in [4.69, 9.17) is 15.9 Å². The number of carbonyl (C=O) groups is 2. The van der Waals surface area contributed by atoms with Gasteiger partial charge in [0.15, 0.2) is 0 Å². The Labute approximate surface area is 123 Å². The molecule has 0 aliphatic heterocycles. The van der Waals surface area contributed by atoms with Crippen molar-refractivity contribution < 1.29 is 14.0 Å². The van der Waals surface area contributed by atoms with Crippen LogP contribution in [0.15, 0.2) is 40.8 Å². The number of nitrogens with one attached hydrogen (secondary N) is 1. The van der Waals surface area contributed by atoms with Crippen molar-refractivity contribution in [1.82, 2.24) is 0 Å². The zero-order valence-corrected chi connectivity index (χ0v) is 11.6. The van der Waals surface area contributed by atoms with Crippen LogP contribution in [-0.4, -0.2) is 11.9 Å². The topological polar surface area (TPSA) is 111 Å². The molecule has 106 valence electrons. The Morgan fingerprint density at radius 3 is 2.57 bits per heavy atom. The van der Waals surface area contributed by atoms with Crippen molar-refractivity contribution in [3.8, 4) is 10.6 Å². The summed E-state index contributed by atoms with van der Waals surface area (Å²) in [6, 6.07) is 10.2. The molecule has 2 aromatic heterocycles. The standard InChI is InChI=1S/C14H11N3O3S/c15-12(18)8-6-11(21-13(8)17-14(16)19)10-5-7-3-1-2-4-9(7)20-10/h1-6H,(H2,15,18)(H3,16,17,19). The summed E-state index contributed by atoms with van der Waals surface area (Å²) >= 11 is 1.18. The minimum Gasteiger partial charge on any atom is -0.455 e. The van der Waals surface area contributed by atoms with Crippen LogP contribution in [0.25, 0.3) is 21.6 Å². The van der Waals surface area contributed by atoms with Crippen molar-refractivity contribution in [3.63, 3.8) is 0 Å². The second-order valence-corrected chi connectivity index (χ2v) is 5.41. The van der Waals surface area contributed by atoms with E-state index in [9.17, 15) is 9.59 Å². The lowest BCUT2D eigenvalue weighted by Gasteiger charge is -1.98. The molecule has 0 aliphatic rings. The van der Waals surface area contributed by atoms with Crippen molar-refractivity contribution in [2.45, 2.75) is 0 Å². The number of fused-ring (bicyclic) bond motifs is 1. The molecule has 21 heavy (non-hydrogen) atoms. The fourth-order valence-electron chi connectivity index (χ4n) is 2.00. The number of rotatable bonds is 3. The number of carbonyl (C=O) groups excluding carboxylic acids is 2. The van der Waals surface area contributed by atoms with Crippen molar-refractivity contribution in [2.75, 3.05) is 5.32 Å². The largest absolute Gasteiger partial charge is 0.455 e. The van der Waals surface area contributed by atoms with Gasteiger partial charge in [-0.15, -0.1) is 11.3 Å². The van der Waals surface area contributed by atoms with Crippen molar-refractivity contribution >= 4 is 39.2 Å². The molecule has 0 atom stereocenters. The monoisotopic (exact) mass is 301 g/mol. The number of primary amides is 2. The van der Waals surface area contributed by atoms with Gasteiger partial charge in [-0.05, 0) is 18.2 Å². The molecule has 0 bridgehead atoms. The molecule has 0 unspecified atom stereocenters. The Balaban J connectivity index is 2.09. The van der Waals surface area contributed by atoms with E-state index in [1.54, 1.807) is 6.07 Å². The van der Waals surface area contributed by atoms with E-state index in [1.807, 2.05) is 30.3 Å². The van der Waals surface area contributed by atoms with E-state index in [1.165, 1.54) is 11.3 Å². The predicted molar refractivity (Wildman–Crippen MR) is 81.3 cm³/mol. The van der Waals surface area contributed by atoms with E-state index < -0.39 is 11.9 Å². The smallest absolute Gasteiger partial charge is 0.317 e. The first kappa shape index (κ1) is 13.2. The molecular weight excluding hydrogens is 290 g/mol. The summed E-state index contributed by atoms with van der Waals surface area (Å²) in [4.78, 5) is 23.1. The third-order valence-corrected chi connectivity index (χ3v) is 3.97. The maximum atomic E-state index is 11.4. The molecule has 0 fully saturated rings. The van der Waals surface area contributed by atoms with E-state index in [0.29, 0.717) is 15.6 Å². The third-order valence-electron chi connectivity index (χ3n) is 2.90.